The van der Waals surface area contributed by atoms with Crippen LogP contribution in [-0.2, 0) is 101 Å². The number of likely N-dealkylation sites (N-methyl/N-ethyl adjacent to an activating group) is 4. The summed E-state index contributed by atoms with van der Waals surface area (Å²) in [5.74, 6) is -16.6. The Hall–Kier alpha value is -12.2. The van der Waals surface area contributed by atoms with Crippen LogP contribution in [0.1, 0.15) is 142 Å². The highest BCUT2D eigenvalue weighted by molar-refractivity contribution is 8.00. The molecule has 14 atom stereocenters. The molecule has 2 aromatic heterocycles. The molecular weight excluding hydrogens is 1670 g/mol. The van der Waals surface area contributed by atoms with Gasteiger partial charge in [0.25, 0.3) is 0 Å². The number of nitrogens with zero attached hydrogens (tertiary/aromatic N) is 6. The number of para-hydroxylation sites is 2. The van der Waals surface area contributed by atoms with Gasteiger partial charge in [0.2, 0.25) is 100 Å². The van der Waals surface area contributed by atoms with Crippen LogP contribution in [0, 0.1) is 11.8 Å². The van der Waals surface area contributed by atoms with E-state index in [9.17, 15) is 67.7 Å². The van der Waals surface area contributed by atoms with Crippen LogP contribution in [0.15, 0.2) is 85.2 Å². The van der Waals surface area contributed by atoms with Crippen molar-refractivity contribution in [3.63, 3.8) is 0 Å². The highest BCUT2D eigenvalue weighted by Crippen LogP contribution is 2.28. The van der Waals surface area contributed by atoms with Crippen molar-refractivity contribution in [3.8, 4) is 5.75 Å². The molecule has 128 heavy (non-hydrogen) atoms. The second kappa shape index (κ2) is 47.6. The second-order valence-electron chi connectivity index (χ2n) is 34.1. The number of phenols is 1. The summed E-state index contributed by atoms with van der Waals surface area (Å²) >= 11 is 0.820. The van der Waals surface area contributed by atoms with Gasteiger partial charge in [-0.1, -0.05) is 116 Å². The Morgan fingerprint density at radius 2 is 1.05 bits per heavy atom. The second-order valence-corrected chi connectivity index (χ2v) is 35.1. The SMILES string of the molecule is CCCC[C@H]1C(=O)N(C)[C@@H](CCCC)C(=O)N[C@@H](CC(C)C)C(=O)N[C@H](C(=O)N(C)CC(N)=O)CSCC(=O)N[C@@H](Cc2ccc(O)cc2)C(=O)N(C)[C@@H](C)C(=O)N[C@@H](CC(N)=O)C(=O)N2CCC[C@H]2C(=O)N[C@@H](CN)C(=O)N[C@@H](CC(C)C)C(=O)N2C[C@H](O)C[C@H]2C(=O)N[C@@H](Cc2c[nH]c3ccccc23)C(=O)NCC(=O)N[C@@H](Cc2c[nH]c3ccccc23)C(=O)N1C. The predicted octanol–water partition coefficient (Wildman–Crippen LogP) is -1.17. The molecule has 0 bridgehead atoms. The summed E-state index contributed by atoms with van der Waals surface area (Å²) in [5.41, 5.74) is 20.3. The quantitative estimate of drug-likeness (QED) is 0.0388. The number of aliphatic hydroxyl groups excluding tert-OH is 1. The predicted molar refractivity (Wildman–Crippen MR) is 475 cm³/mol. The zero-order chi connectivity index (χ0) is 94.1. The maximum Gasteiger partial charge on any atom is 0.246 e. The van der Waals surface area contributed by atoms with Gasteiger partial charge in [0.15, 0.2) is 0 Å². The molecule has 698 valence electrons. The Balaban J connectivity index is 1.16. The van der Waals surface area contributed by atoms with E-state index in [4.69, 9.17) is 17.2 Å². The van der Waals surface area contributed by atoms with E-state index in [1.807, 2.05) is 26.0 Å². The van der Waals surface area contributed by atoms with Crippen molar-refractivity contribution in [1.29, 1.82) is 0 Å². The number of hydrogen-bond acceptors (Lipinski definition) is 21. The number of benzene rings is 3. The van der Waals surface area contributed by atoms with Crippen LogP contribution in [0.2, 0.25) is 0 Å². The molecule has 3 aromatic carbocycles. The molecule has 5 aromatic rings. The lowest BCUT2D eigenvalue weighted by molar-refractivity contribution is -0.149. The summed E-state index contributed by atoms with van der Waals surface area (Å²) in [4.78, 5) is 261. The van der Waals surface area contributed by atoms with Crippen LogP contribution in [0.4, 0.5) is 0 Å². The van der Waals surface area contributed by atoms with Crippen LogP contribution in [0.3, 0.4) is 0 Å². The fourth-order valence-electron chi connectivity index (χ4n) is 16.2. The maximum absolute atomic E-state index is 15.6. The van der Waals surface area contributed by atoms with E-state index in [1.54, 1.807) is 76.5 Å². The van der Waals surface area contributed by atoms with Crippen molar-refractivity contribution in [2.45, 2.75) is 229 Å². The normalized spacial score (nSPS) is 25.0. The number of H-pyrrole nitrogens is 2. The Bertz CT molecular complexity index is 4810. The van der Waals surface area contributed by atoms with E-state index in [0.29, 0.717) is 64.2 Å². The van der Waals surface area contributed by atoms with Crippen molar-refractivity contribution in [3.05, 3.63) is 102 Å². The first-order valence-corrected chi connectivity index (χ1v) is 44.6. The topological polar surface area (TPSA) is 568 Å². The Kier molecular flexibility index (Phi) is 37.6. The Morgan fingerprint density at radius 1 is 0.539 bits per heavy atom. The number of phenolic OH excluding ortho intramolecular Hbond substituents is 1. The number of unbranched alkanes of at least 4 members (excludes halogenated alkanes) is 2. The first-order chi connectivity index (χ1) is 60.7. The van der Waals surface area contributed by atoms with E-state index in [1.165, 1.54) is 69.2 Å². The summed E-state index contributed by atoms with van der Waals surface area (Å²) in [6, 6.07) is 0.937. The standard InChI is InChI=1S/C88H126N20O19S/c1-12-14-25-68-80(119)97-60(33-48(3)4)78(117)102-67(83(122)103(8)45-73(91)112)46-128-47-75(114)96-63(35-51-28-30-54(109)31-29-51)84(123)104(9)50(7)76(115)99-65(39-72(90)111)86(125)107-32-20-27-69(107)81(120)101-66(40-89)79(118)100-62(34-49(5)6)87(126)108-44-55(110)38-71(108)82(121)98-61(36-52-41-92-58-23-18-16-21-56(52)58)77(116)94-43-74(113)95-64(37-53-42-93-59-24-19-17-22-57(53)59)85(124)106(11)70(26-15-13-2)88(127)105(68)10/h16-19,21-24,28-31,41-42,48-50,55,60-71,92-93,109-110H,12-15,20,25-27,32-40,43-47,89H2,1-11H3,(H2,90,111)(H2,91,112)(H,94,116)(H,95,113)(H,96,114)(H,97,119)(H,98,121)(H,99,115)(H,100,118)(H,101,120)(H,102,117)/t50-,55+,60-,61-,62-,63-,64-,65-,66-,67-,68-,69-,70-,71-/m0/s1. The number of thioether (sulfide) groups is 1. The number of nitrogens with one attached hydrogen (secondary N) is 11. The molecule has 39 nitrogen and oxygen atoms in total. The monoisotopic (exact) mass is 1800 g/mol. The van der Waals surface area contributed by atoms with E-state index >= 15 is 24.0 Å². The van der Waals surface area contributed by atoms with Crippen molar-refractivity contribution in [2.75, 3.05) is 72.4 Å². The maximum atomic E-state index is 15.6. The lowest BCUT2D eigenvalue weighted by Crippen LogP contribution is -2.61. The number of aliphatic hydroxyl groups is 1. The van der Waals surface area contributed by atoms with E-state index in [0.717, 1.165) is 31.4 Å². The third-order valence-electron chi connectivity index (χ3n) is 23.2. The van der Waals surface area contributed by atoms with Crippen molar-refractivity contribution in [2.24, 2.45) is 29.0 Å². The van der Waals surface area contributed by atoms with Gasteiger partial charge in [0.1, 0.15) is 84.3 Å². The first-order valence-electron chi connectivity index (χ1n) is 43.5. The smallest absolute Gasteiger partial charge is 0.246 e. The Morgan fingerprint density at radius 3 is 1.65 bits per heavy atom. The van der Waals surface area contributed by atoms with E-state index in [-0.39, 0.29) is 94.1 Å². The number of primary amides is 2. The highest BCUT2D eigenvalue weighted by atomic mass is 32.2. The molecule has 8 rings (SSSR count). The number of amides is 17. The fourth-order valence-corrected chi connectivity index (χ4v) is 17.0. The minimum Gasteiger partial charge on any atom is -0.508 e. The molecule has 17 amide bonds. The molecule has 0 unspecified atom stereocenters. The number of carbonyl (C=O) groups is 17. The fraction of sp³-hybridized carbons (Fsp3) is 0.557. The minimum atomic E-state index is -1.75. The lowest BCUT2D eigenvalue weighted by Gasteiger charge is -2.36. The number of rotatable bonds is 22. The Labute approximate surface area is 747 Å². The first kappa shape index (κ1) is 101. The molecule has 0 spiro atoms. The molecule has 40 heteroatoms. The number of carbonyl (C=O) groups excluding carboxylic acids is 17. The summed E-state index contributed by atoms with van der Waals surface area (Å²) in [6.07, 6.45) is 2.34. The molecule has 3 aliphatic rings. The van der Waals surface area contributed by atoms with Gasteiger partial charge < -0.3 is 115 Å². The van der Waals surface area contributed by atoms with Crippen LogP contribution < -0.4 is 65.1 Å². The molecule has 0 saturated carbocycles. The van der Waals surface area contributed by atoms with Gasteiger partial charge in [-0.3, -0.25) is 81.5 Å². The van der Waals surface area contributed by atoms with E-state index < -0.39 is 223 Å². The van der Waals surface area contributed by atoms with Crippen LogP contribution in [0.5, 0.6) is 5.75 Å². The highest BCUT2D eigenvalue weighted by Gasteiger charge is 2.46. The third-order valence-corrected chi connectivity index (χ3v) is 24.3. The summed E-state index contributed by atoms with van der Waals surface area (Å²) < 4.78 is 0. The average molecular weight is 1800 g/mol. The molecule has 0 aliphatic carbocycles. The molecular formula is C88H126N20O19S. The van der Waals surface area contributed by atoms with Crippen LogP contribution in [-0.4, -0.2) is 307 Å². The van der Waals surface area contributed by atoms with Gasteiger partial charge in [0.05, 0.1) is 31.4 Å². The van der Waals surface area contributed by atoms with Gasteiger partial charge in [-0.2, -0.15) is 0 Å². The number of aromatic nitrogens is 2. The van der Waals surface area contributed by atoms with Crippen molar-refractivity contribution < 1.29 is 91.7 Å². The van der Waals surface area contributed by atoms with Crippen LogP contribution >= 0.6 is 11.8 Å². The number of aromatic hydroxyl groups is 1. The van der Waals surface area contributed by atoms with Crippen molar-refractivity contribution in [1.82, 2.24) is 87.2 Å². The minimum absolute atomic E-state index is 0.00225. The van der Waals surface area contributed by atoms with Crippen molar-refractivity contribution >= 4 is 134 Å². The third kappa shape index (κ3) is 27.7. The lowest BCUT2D eigenvalue weighted by atomic mass is 9.99. The summed E-state index contributed by atoms with van der Waals surface area (Å²) in [7, 11) is 5.29. The van der Waals surface area contributed by atoms with Gasteiger partial charge in [-0.05, 0) is 98.2 Å². The number of nitrogens with two attached hydrogens (primary N) is 3. The van der Waals surface area contributed by atoms with Gasteiger partial charge in [0, 0.05) is 113 Å². The summed E-state index contributed by atoms with van der Waals surface area (Å²) in [5, 5.41) is 47.1. The average Bonchev–Trinajstić information content (AvgIpc) is 1.54. The van der Waals surface area contributed by atoms with Crippen LogP contribution in [0.25, 0.3) is 21.8 Å². The van der Waals surface area contributed by atoms with Gasteiger partial charge in [-0.25, -0.2) is 0 Å². The number of fused-ring (bicyclic) bond motifs is 4. The molecule has 3 fully saturated rings. The molecule has 3 saturated heterocycles. The molecule has 5 heterocycles. The van der Waals surface area contributed by atoms with Gasteiger partial charge >= 0.3 is 0 Å². The zero-order valence-corrected chi connectivity index (χ0v) is 75.4. The van der Waals surface area contributed by atoms with Gasteiger partial charge in [-0.15, -0.1) is 11.8 Å². The molecule has 3 aliphatic heterocycles. The largest absolute Gasteiger partial charge is 0.508 e. The number of aromatic amines is 2. The molecule has 19 N–H and O–H groups in total. The number of hydrogen-bond donors (Lipinski definition) is 16. The van der Waals surface area contributed by atoms with E-state index in [2.05, 4.69) is 57.8 Å². The molecule has 0 radical (unpaired) electrons. The zero-order valence-electron chi connectivity index (χ0n) is 74.5. The summed E-state index contributed by atoms with van der Waals surface area (Å²) in [6.45, 7) is 9.61.